The number of carbonyl (C=O) groups is 1. The smallest absolute Gasteiger partial charge is 0.270 e. The molecule has 0 saturated carbocycles. The zero-order valence-electron chi connectivity index (χ0n) is 19.1. The van der Waals surface area contributed by atoms with Crippen LogP contribution in [0.4, 0.5) is 5.95 Å². The molecule has 4 aromatic rings. The molecule has 174 valence electrons. The van der Waals surface area contributed by atoms with Gasteiger partial charge in [-0.05, 0) is 37.5 Å². The number of hydrogen-bond acceptors (Lipinski definition) is 6. The van der Waals surface area contributed by atoms with Gasteiger partial charge in [-0.3, -0.25) is 19.6 Å². The van der Waals surface area contributed by atoms with Crippen molar-refractivity contribution in [1.82, 2.24) is 20.3 Å². The second-order valence-electron chi connectivity index (χ2n) is 8.71. The number of pyridine rings is 1. The van der Waals surface area contributed by atoms with E-state index in [2.05, 4.69) is 45.3 Å². The molecule has 1 aliphatic rings. The Morgan fingerprint density at radius 3 is 2.82 bits per heavy atom. The summed E-state index contributed by atoms with van der Waals surface area (Å²) in [4.78, 5) is 39.6. The van der Waals surface area contributed by atoms with Gasteiger partial charge in [0.1, 0.15) is 4.70 Å². The number of H-pyrrole nitrogens is 1. The predicted molar refractivity (Wildman–Crippen MR) is 136 cm³/mol. The van der Waals surface area contributed by atoms with E-state index in [1.165, 1.54) is 16.9 Å². The lowest BCUT2D eigenvalue weighted by atomic mass is 9.96. The van der Waals surface area contributed by atoms with Crippen molar-refractivity contribution in [3.8, 4) is 11.1 Å². The molecule has 2 N–H and O–H groups in total. The Labute approximate surface area is 201 Å². The van der Waals surface area contributed by atoms with Gasteiger partial charge in [-0.25, -0.2) is 4.98 Å². The molecular weight excluding hydrogens is 446 g/mol. The van der Waals surface area contributed by atoms with E-state index in [1.54, 1.807) is 6.20 Å². The van der Waals surface area contributed by atoms with Crippen LogP contribution in [0.2, 0.25) is 0 Å². The van der Waals surface area contributed by atoms with E-state index in [0.29, 0.717) is 30.3 Å². The number of carbonyl (C=O) groups excluding carboxylic acids is 1. The van der Waals surface area contributed by atoms with Crippen LogP contribution in [0.1, 0.15) is 24.1 Å². The van der Waals surface area contributed by atoms with E-state index in [-0.39, 0.29) is 17.4 Å². The summed E-state index contributed by atoms with van der Waals surface area (Å²) >= 11 is 1.42. The third-order valence-corrected chi connectivity index (χ3v) is 7.28. The Morgan fingerprint density at radius 1 is 1.21 bits per heavy atom. The zero-order chi connectivity index (χ0) is 23.5. The van der Waals surface area contributed by atoms with Crippen molar-refractivity contribution in [3.63, 3.8) is 0 Å². The highest BCUT2D eigenvalue weighted by Gasteiger charge is 2.26. The zero-order valence-corrected chi connectivity index (χ0v) is 19.9. The number of fused-ring (bicyclic) bond motifs is 1. The molecular formula is C26H27N5O2S. The number of benzene rings is 1. The van der Waals surface area contributed by atoms with Crippen molar-refractivity contribution >= 4 is 33.4 Å². The van der Waals surface area contributed by atoms with E-state index in [4.69, 9.17) is 4.98 Å². The SMILES string of the molecule is Cc1cccc(-c2csc3c(=O)[nH]c(N4CCC(C(=O)NCCc5ccccn5)CC4)nc23)c1. The van der Waals surface area contributed by atoms with Gasteiger partial charge >= 0.3 is 0 Å². The summed E-state index contributed by atoms with van der Waals surface area (Å²) < 4.78 is 0.641. The monoisotopic (exact) mass is 473 g/mol. The fourth-order valence-corrected chi connectivity index (χ4v) is 5.35. The number of piperidine rings is 1. The standard InChI is InChI=1S/C26H27N5O2S/c1-17-5-4-6-19(15-17)21-16-34-23-22(21)29-26(30-25(23)33)31-13-9-18(10-14-31)24(32)28-12-8-20-7-2-3-11-27-20/h2-7,11,15-16,18H,8-10,12-14H2,1H3,(H,28,32)(H,29,30,33). The van der Waals surface area contributed by atoms with Crippen LogP contribution in [0.15, 0.2) is 58.8 Å². The van der Waals surface area contributed by atoms with Crippen LogP contribution in [0.5, 0.6) is 0 Å². The highest BCUT2D eigenvalue weighted by molar-refractivity contribution is 7.17. The second-order valence-corrected chi connectivity index (χ2v) is 9.59. The third kappa shape index (κ3) is 4.72. The molecule has 1 amide bonds. The second kappa shape index (κ2) is 9.77. The van der Waals surface area contributed by atoms with Gasteiger partial charge in [-0.15, -0.1) is 11.3 Å². The fourth-order valence-electron chi connectivity index (χ4n) is 4.44. The lowest BCUT2D eigenvalue weighted by molar-refractivity contribution is -0.125. The van der Waals surface area contributed by atoms with E-state index in [9.17, 15) is 9.59 Å². The van der Waals surface area contributed by atoms with E-state index in [1.807, 2.05) is 29.6 Å². The molecule has 3 aromatic heterocycles. The maximum Gasteiger partial charge on any atom is 0.270 e. The van der Waals surface area contributed by atoms with Crippen LogP contribution in [0.3, 0.4) is 0 Å². The fraction of sp³-hybridized carbons (Fsp3) is 0.308. The van der Waals surface area contributed by atoms with Crippen LogP contribution >= 0.6 is 11.3 Å². The Morgan fingerprint density at radius 2 is 2.06 bits per heavy atom. The Kier molecular flexibility index (Phi) is 6.40. The first-order valence-corrected chi connectivity index (χ1v) is 12.5. The lowest BCUT2D eigenvalue weighted by Gasteiger charge is -2.31. The molecule has 1 aromatic carbocycles. The number of nitrogens with zero attached hydrogens (tertiary/aromatic N) is 3. The van der Waals surface area contributed by atoms with Crippen molar-refractivity contribution in [1.29, 1.82) is 0 Å². The minimum atomic E-state index is -0.113. The van der Waals surface area contributed by atoms with Gasteiger partial charge in [-0.1, -0.05) is 35.9 Å². The number of anilines is 1. The molecule has 0 bridgehead atoms. The van der Waals surface area contributed by atoms with Crippen molar-refractivity contribution in [2.24, 2.45) is 5.92 Å². The number of hydrogen-bond donors (Lipinski definition) is 2. The maximum atomic E-state index is 12.8. The summed E-state index contributed by atoms with van der Waals surface area (Å²) in [6.07, 6.45) is 3.94. The Bertz CT molecular complexity index is 1360. The van der Waals surface area contributed by atoms with Gasteiger partial charge in [0.15, 0.2) is 0 Å². The van der Waals surface area contributed by atoms with E-state index >= 15 is 0 Å². The number of nitrogens with one attached hydrogen (secondary N) is 2. The van der Waals surface area contributed by atoms with Crippen molar-refractivity contribution in [2.45, 2.75) is 26.2 Å². The first kappa shape index (κ1) is 22.3. The summed E-state index contributed by atoms with van der Waals surface area (Å²) in [5.74, 6) is 0.644. The van der Waals surface area contributed by atoms with Crippen molar-refractivity contribution in [2.75, 3.05) is 24.5 Å². The van der Waals surface area contributed by atoms with Gasteiger partial charge < -0.3 is 10.2 Å². The number of aryl methyl sites for hydroxylation is 1. The van der Waals surface area contributed by atoms with Gasteiger partial charge in [-0.2, -0.15) is 0 Å². The molecule has 0 spiro atoms. The first-order chi connectivity index (χ1) is 16.6. The molecule has 0 atom stereocenters. The molecule has 34 heavy (non-hydrogen) atoms. The molecule has 7 nitrogen and oxygen atoms in total. The van der Waals surface area contributed by atoms with Gasteiger partial charge in [0.25, 0.3) is 5.56 Å². The van der Waals surface area contributed by atoms with E-state index in [0.717, 1.165) is 41.6 Å². The number of aromatic nitrogens is 3. The minimum absolute atomic E-state index is 0.0283. The molecule has 5 rings (SSSR count). The normalized spacial score (nSPS) is 14.4. The van der Waals surface area contributed by atoms with Gasteiger partial charge in [0, 0.05) is 54.8 Å². The molecule has 8 heteroatoms. The lowest BCUT2D eigenvalue weighted by Crippen LogP contribution is -2.42. The summed E-state index contributed by atoms with van der Waals surface area (Å²) in [5, 5.41) is 5.05. The van der Waals surface area contributed by atoms with E-state index < -0.39 is 0 Å². The summed E-state index contributed by atoms with van der Waals surface area (Å²) in [6.45, 7) is 4.00. The molecule has 1 saturated heterocycles. The number of amides is 1. The van der Waals surface area contributed by atoms with Crippen molar-refractivity contribution in [3.05, 3.63) is 75.7 Å². The third-order valence-electron chi connectivity index (χ3n) is 6.31. The highest BCUT2D eigenvalue weighted by atomic mass is 32.1. The molecule has 0 radical (unpaired) electrons. The summed E-state index contributed by atoms with van der Waals surface area (Å²) in [7, 11) is 0. The summed E-state index contributed by atoms with van der Waals surface area (Å²) in [6, 6.07) is 14.0. The average Bonchev–Trinajstić information content (AvgIpc) is 3.29. The minimum Gasteiger partial charge on any atom is -0.355 e. The number of rotatable bonds is 6. The van der Waals surface area contributed by atoms with Crippen LogP contribution in [-0.2, 0) is 11.2 Å². The van der Waals surface area contributed by atoms with Crippen LogP contribution < -0.4 is 15.8 Å². The quantitative estimate of drug-likeness (QED) is 0.443. The van der Waals surface area contributed by atoms with Crippen LogP contribution in [0.25, 0.3) is 21.3 Å². The Hall–Kier alpha value is -3.52. The van der Waals surface area contributed by atoms with Gasteiger partial charge in [0.2, 0.25) is 11.9 Å². The molecule has 1 aliphatic heterocycles. The number of thiophene rings is 1. The number of aromatic amines is 1. The topological polar surface area (TPSA) is 91.0 Å². The molecule has 1 fully saturated rings. The van der Waals surface area contributed by atoms with Crippen LogP contribution in [0, 0.1) is 12.8 Å². The molecule has 0 unspecified atom stereocenters. The highest BCUT2D eigenvalue weighted by Crippen LogP contribution is 2.32. The molecule has 0 aliphatic carbocycles. The predicted octanol–water partition coefficient (Wildman–Crippen LogP) is 3.93. The molecule has 4 heterocycles. The summed E-state index contributed by atoms with van der Waals surface area (Å²) in [5.41, 5.74) is 4.82. The largest absolute Gasteiger partial charge is 0.355 e. The maximum absolute atomic E-state index is 12.8. The first-order valence-electron chi connectivity index (χ1n) is 11.6. The van der Waals surface area contributed by atoms with Crippen molar-refractivity contribution < 1.29 is 4.79 Å². The van der Waals surface area contributed by atoms with Crippen LogP contribution in [-0.4, -0.2) is 40.5 Å². The average molecular weight is 474 g/mol. The van der Waals surface area contributed by atoms with Gasteiger partial charge in [0.05, 0.1) is 5.52 Å². The Balaban J connectivity index is 1.25.